The van der Waals surface area contributed by atoms with E-state index in [0.717, 1.165) is 11.3 Å². The van der Waals surface area contributed by atoms with Crippen LogP contribution in [-0.2, 0) is 16.2 Å². The normalized spacial score (nSPS) is 14.6. The Morgan fingerprint density at radius 1 is 1.12 bits per heavy atom. The lowest BCUT2D eigenvalue weighted by Crippen LogP contribution is -2.49. The van der Waals surface area contributed by atoms with Crippen molar-refractivity contribution in [3.05, 3.63) is 60.2 Å². The van der Waals surface area contributed by atoms with Crippen LogP contribution in [0.2, 0.25) is 0 Å². The molecular formula is C19H21N3O3. The van der Waals surface area contributed by atoms with Crippen LogP contribution in [0.4, 0.5) is 5.69 Å². The lowest BCUT2D eigenvalue weighted by Gasteiger charge is -2.25. The monoisotopic (exact) mass is 339 g/mol. The second kappa shape index (κ2) is 8.30. The second-order valence-corrected chi connectivity index (χ2v) is 5.91. The number of nitrogens with zero attached hydrogens (tertiary/aromatic N) is 1. The molecule has 0 saturated carbocycles. The maximum atomic E-state index is 12.1. The van der Waals surface area contributed by atoms with E-state index in [1.807, 2.05) is 47.4 Å². The number of amides is 2. The van der Waals surface area contributed by atoms with E-state index in [1.165, 1.54) is 0 Å². The summed E-state index contributed by atoms with van der Waals surface area (Å²) in [5, 5.41) is 5.58. The van der Waals surface area contributed by atoms with E-state index < -0.39 is 0 Å². The quantitative estimate of drug-likeness (QED) is 0.839. The molecule has 6 heteroatoms. The van der Waals surface area contributed by atoms with Gasteiger partial charge >= 0.3 is 0 Å². The summed E-state index contributed by atoms with van der Waals surface area (Å²) in [5.74, 6) is 0.571. The standard InChI is InChI=1S/C19H21N3O3/c23-18-12-22(11-10-20-18)13-19(24)21-16-6-8-17(9-7-16)25-14-15-4-2-1-3-5-15/h1-9H,10-14H2,(H,20,23)(H,21,24). The van der Waals surface area contributed by atoms with E-state index in [-0.39, 0.29) is 24.9 Å². The first-order valence-electron chi connectivity index (χ1n) is 8.25. The van der Waals surface area contributed by atoms with Crippen molar-refractivity contribution in [1.82, 2.24) is 10.2 Å². The topological polar surface area (TPSA) is 70.7 Å². The highest BCUT2D eigenvalue weighted by molar-refractivity contribution is 5.92. The number of piperazine rings is 1. The Morgan fingerprint density at radius 2 is 1.88 bits per heavy atom. The number of benzene rings is 2. The molecular weight excluding hydrogens is 318 g/mol. The van der Waals surface area contributed by atoms with Crippen LogP contribution in [0.15, 0.2) is 54.6 Å². The highest BCUT2D eigenvalue weighted by Gasteiger charge is 2.18. The van der Waals surface area contributed by atoms with Gasteiger partial charge in [-0.3, -0.25) is 14.5 Å². The van der Waals surface area contributed by atoms with Crippen LogP contribution in [0.25, 0.3) is 0 Å². The van der Waals surface area contributed by atoms with E-state index in [2.05, 4.69) is 10.6 Å². The Bertz CT molecular complexity index is 716. The molecule has 0 bridgehead atoms. The lowest BCUT2D eigenvalue weighted by atomic mass is 10.2. The molecule has 3 rings (SSSR count). The summed E-state index contributed by atoms with van der Waals surface area (Å²) in [4.78, 5) is 25.2. The van der Waals surface area contributed by atoms with Crippen molar-refractivity contribution in [2.24, 2.45) is 0 Å². The van der Waals surface area contributed by atoms with Gasteiger partial charge in [-0.1, -0.05) is 30.3 Å². The molecule has 1 fully saturated rings. The molecule has 2 aromatic carbocycles. The Balaban J connectivity index is 1.47. The van der Waals surface area contributed by atoms with Gasteiger partial charge < -0.3 is 15.4 Å². The third-order valence-corrected chi connectivity index (χ3v) is 3.87. The third-order valence-electron chi connectivity index (χ3n) is 3.87. The molecule has 6 nitrogen and oxygen atoms in total. The van der Waals surface area contributed by atoms with Gasteiger partial charge in [0, 0.05) is 18.8 Å². The summed E-state index contributed by atoms with van der Waals surface area (Å²) < 4.78 is 5.72. The first kappa shape index (κ1) is 17.0. The summed E-state index contributed by atoms with van der Waals surface area (Å²) in [5.41, 5.74) is 1.81. The van der Waals surface area contributed by atoms with E-state index in [9.17, 15) is 9.59 Å². The fourth-order valence-corrected chi connectivity index (χ4v) is 2.61. The van der Waals surface area contributed by atoms with Crippen molar-refractivity contribution in [2.45, 2.75) is 6.61 Å². The number of hydrogen-bond acceptors (Lipinski definition) is 4. The van der Waals surface area contributed by atoms with E-state index >= 15 is 0 Å². The first-order chi connectivity index (χ1) is 12.2. The van der Waals surface area contributed by atoms with Crippen molar-refractivity contribution < 1.29 is 14.3 Å². The Hall–Kier alpha value is -2.86. The number of anilines is 1. The van der Waals surface area contributed by atoms with Gasteiger partial charge in [-0.05, 0) is 29.8 Å². The Kier molecular flexibility index (Phi) is 5.64. The second-order valence-electron chi connectivity index (χ2n) is 5.91. The fraction of sp³-hybridized carbons (Fsp3) is 0.263. The van der Waals surface area contributed by atoms with Gasteiger partial charge in [0.1, 0.15) is 12.4 Å². The van der Waals surface area contributed by atoms with Crippen LogP contribution in [0.5, 0.6) is 5.75 Å². The van der Waals surface area contributed by atoms with E-state index in [1.54, 1.807) is 12.1 Å². The van der Waals surface area contributed by atoms with Crippen molar-refractivity contribution >= 4 is 17.5 Å². The summed E-state index contributed by atoms with van der Waals surface area (Å²) in [6.45, 7) is 2.24. The van der Waals surface area contributed by atoms with Crippen LogP contribution < -0.4 is 15.4 Å². The number of ether oxygens (including phenoxy) is 1. The maximum Gasteiger partial charge on any atom is 0.238 e. The predicted molar refractivity (Wildman–Crippen MR) is 95.3 cm³/mol. The van der Waals surface area contributed by atoms with Gasteiger partial charge in [-0.2, -0.15) is 0 Å². The number of hydrogen-bond donors (Lipinski definition) is 2. The highest BCUT2D eigenvalue weighted by Crippen LogP contribution is 2.17. The van der Waals surface area contributed by atoms with Gasteiger partial charge in [0.15, 0.2) is 0 Å². The molecule has 1 saturated heterocycles. The fourth-order valence-electron chi connectivity index (χ4n) is 2.61. The smallest absolute Gasteiger partial charge is 0.238 e. The predicted octanol–water partition coefficient (Wildman–Crippen LogP) is 1.64. The molecule has 2 aromatic rings. The van der Waals surface area contributed by atoms with Gasteiger partial charge in [0.05, 0.1) is 13.1 Å². The zero-order valence-corrected chi connectivity index (χ0v) is 13.9. The van der Waals surface area contributed by atoms with Gasteiger partial charge in [0.2, 0.25) is 11.8 Å². The minimum Gasteiger partial charge on any atom is -0.489 e. The highest BCUT2D eigenvalue weighted by atomic mass is 16.5. The lowest BCUT2D eigenvalue weighted by molar-refractivity contribution is -0.125. The maximum absolute atomic E-state index is 12.1. The number of nitrogens with one attached hydrogen (secondary N) is 2. The molecule has 1 heterocycles. The molecule has 0 spiro atoms. The molecule has 0 radical (unpaired) electrons. The van der Waals surface area contributed by atoms with E-state index in [0.29, 0.717) is 25.4 Å². The van der Waals surface area contributed by atoms with Gasteiger partial charge in [0.25, 0.3) is 0 Å². The molecule has 2 amide bonds. The first-order valence-corrected chi connectivity index (χ1v) is 8.25. The van der Waals surface area contributed by atoms with Crippen molar-refractivity contribution in [3.63, 3.8) is 0 Å². The minimum absolute atomic E-state index is 0.0426. The third kappa shape index (κ3) is 5.32. The van der Waals surface area contributed by atoms with Crippen LogP contribution >= 0.6 is 0 Å². The summed E-state index contributed by atoms with van der Waals surface area (Å²) in [6, 6.07) is 17.2. The number of carbonyl (C=O) groups is 2. The zero-order chi connectivity index (χ0) is 17.5. The average Bonchev–Trinajstić information content (AvgIpc) is 2.62. The van der Waals surface area contributed by atoms with Crippen LogP contribution in [-0.4, -0.2) is 42.9 Å². The summed E-state index contributed by atoms with van der Waals surface area (Å²) in [6.07, 6.45) is 0. The molecule has 0 aliphatic carbocycles. The molecule has 2 N–H and O–H groups in total. The Morgan fingerprint density at radius 3 is 2.60 bits per heavy atom. The summed E-state index contributed by atoms with van der Waals surface area (Å²) >= 11 is 0. The molecule has 25 heavy (non-hydrogen) atoms. The van der Waals surface area contributed by atoms with Crippen molar-refractivity contribution in [2.75, 3.05) is 31.5 Å². The molecule has 0 aromatic heterocycles. The van der Waals surface area contributed by atoms with Crippen LogP contribution in [0.1, 0.15) is 5.56 Å². The number of rotatable bonds is 6. The van der Waals surface area contributed by atoms with Crippen molar-refractivity contribution in [3.8, 4) is 5.75 Å². The Labute approximate surface area is 146 Å². The molecule has 0 atom stereocenters. The minimum atomic E-state index is -0.132. The molecule has 1 aliphatic rings. The van der Waals surface area contributed by atoms with Crippen LogP contribution in [0, 0.1) is 0 Å². The number of carbonyl (C=O) groups excluding carboxylic acids is 2. The van der Waals surface area contributed by atoms with Crippen molar-refractivity contribution in [1.29, 1.82) is 0 Å². The van der Waals surface area contributed by atoms with Crippen LogP contribution in [0.3, 0.4) is 0 Å². The SMILES string of the molecule is O=C1CN(CC(=O)Nc2ccc(OCc3ccccc3)cc2)CCN1. The molecule has 0 unspecified atom stereocenters. The summed E-state index contributed by atoms with van der Waals surface area (Å²) in [7, 11) is 0. The zero-order valence-electron chi connectivity index (χ0n) is 13.9. The largest absolute Gasteiger partial charge is 0.489 e. The van der Waals surface area contributed by atoms with E-state index in [4.69, 9.17) is 4.74 Å². The molecule has 130 valence electrons. The van der Waals surface area contributed by atoms with Gasteiger partial charge in [-0.25, -0.2) is 0 Å². The average molecular weight is 339 g/mol. The molecule has 1 aliphatic heterocycles. The van der Waals surface area contributed by atoms with Gasteiger partial charge in [-0.15, -0.1) is 0 Å².